The number of benzene rings is 2. The number of aromatic nitrogens is 1. The highest BCUT2D eigenvalue weighted by atomic mass is 16.5. The number of carbonyl (C=O) groups excluding carboxylic acids is 3. The Morgan fingerprint density at radius 3 is 2.35 bits per heavy atom. The van der Waals surface area contributed by atoms with Crippen LogP contribution in [0.15, 0.2) is 60.8 Å². The molecule has 0 aliphatic heterocycles. The van der Waals surface area contributed by atoms with Crippen LogP contribution in [-0.2, 0) is 14.3 Å². The fraction of sp³-hybridized carbons (Fsp3) is 0.292. The van der Waals surface area contributed by atoms with Crippen LogP contribution in [0.4, 0.5) is 0 Å². The molecule has 2 atom stereocenters. The van der Waals surface area contributed by atoms with Gasteiger partial charge in [-0.1, -0.05) is 50.2 Å². The van der Waals surface area contributed by atoms with Gasteiger partial charge in [0.15, 0.2) is 12.7 Å². The summed E-state index contributed by atoms with van der Waals surface area (Å²) in [6, 6.07) is 15.4. The van der Waals surface area contributed by atoms with Gasteiger partial charge in [-0.25, -0.2) is 4.79 Å². The van der Waals surface area contributed by atoms with Gasteiger partial charge >= 0.3 is 5.97 Å². The van der Waals surface area contributed by atoms with Crippen LogP contribution in [-0.4, -0.2) is 41.4 Å². The standard InChI is InChI=1S/C24H26N2O5/c1-15(2)22(26-21(27)14-30-17-9-5-4-6-10-17)24(29)31-16(3)23(28)19-13-25-20-12-8-7-11-18(19)20/h4-13,15-16,22,25H,14H2,1-3H3,(H,26,27)/t16-,22-/m0/s1. The molecule has 1 amide bonds. The van der Waals surface area contributed by atoms with Crippen molar-refractivity contribution in [3.63, 3.8) is 0 Å². The summed E-state index contributed by atoms with van der Waals surface area (Å²) in [6.45, 7) is 4.87. The Bertz CT molecular complexity index is 1060. The summed E-state index contributed by atoms with van der Waals surface area (Å²) < 4.78 is 10.8. The number of Topliss-reactive ketones (excluding diaryl/α,β-unsaturated/α-hetero) is 1. The van der Waals surface area contributed by atoms with E-state index in [0.29, 0.717) is 11.3 Å². The van der Waals surface area contributed by atoms with Gasteiger partial charge in [-0.05, 0) is 31.0 Å². The monoisotopic (exact) mass is 422 g/mol. The molecule has 7 nitrogen and oxygen atoms in total. The van der Waals surface area contributed by atoms with Gasteiger partial charge in [0.1, 0.15) is 11.8 Å². The Hall–Kier alpha value is -3.61. The van der Waals surface area contributed by atoms with Gasteiger partial charge in [0, 0.05) is 22.7 Å². The zero-order chi connectivity index (χ0) is 22.4. The quantitative estimate of drug-likeness (QED) is 0.406. The SMILES string of the molecule is CC(C)[C@H](NC(=O)COc1ccccc1)C(=O)O[C@@H](C)C(=O)c1c[nH]c2ccccc12. The van der Waals surface area contributed by atoms with Crippen molar-refractivity contribution in [2.45, 2.75) is 32.9 Å². The van der Waals surface area contributed by atoms with Crippen molar-refractivity contribution >= 4 is 28.6 Å². The summed E-state index contributed by atoms with van der Waals surface area (Å²) in [6.07, 6.45) is 0.616. The molecule has 0 unspecified atom stereocenters. The van der Waals surface area contributed by atoms with Gasteiger partial charge in [-0.3, -0.25) is 9.59 Å². The minimum absolute atomic E-state index is 0.232. The van der Waals surface area contributed by atoms with Crippen molar-refractivity contribution in [2.24, 2.45) is 5.92 Å². The third kappa shape index (κ3) is 5.51. The third-order valence-corrected chi connectivity index (χ3v) is 4.87. The molecule has 0 spiro atoms. The average Bonchev–Trinajstić information content (AvgIpc) is 3.20. The van der Waals surface area contributed by atoms with Gasteiger partial charge in [0.2, 0.25) is 5.78 Å². The number of ketones is 1. The van der Waals surface area contributed by atoms with Crippen molar-refractivity contribution in [3.8, 4) is 5.75 Å². The van der Waals surface area contributed by atoms with E-state index in [9.17, 15) is 14.4 Å². The van der Waals surface area contributed by atoms with Crippen molar-refractivity contribution in [1.29, 1.82) is 0 Å². The lowest BCUT2D eigenvalue weighted by molar-refractivity contribution is -0.151. The Morgan fingerprint density at radius 2 is 1.65 bits per heavy atom. The van der Waals surface area contributed by atoms with Crippen LogP contribution < -0.4 is 10.1 Å². The molecule has 7 heteroatoms. The predicted molar refractivity (Wildman–Crippen MR) is 117 cm³/mol. The molecule has 0 bridgehead atoms. The second-order valence-corrected chi connectivity index (χ2v) is 7.58. The lowest BCUT2D eigenvalue weighted by Gasteiger charge is -2.22. The molecule has 0 radical (unpaired) electrons. The van der Waals surface area contributed by atoms with Crippen LogP contribution in [0.1, 0.15) is 31.1 Å². The predicted octanol–water partition coefficient (Wildman–Crippen LogP) is 3.50. The number of hydrogen-bond acceptors (Lipinski definition) is 5. The molecule has 162 valence electrons. The molecule has 3 aromatic rings. The maximum atomic E-state index is 12.8. The molecule has 0 aliphatic rings. The summed E-state index contributed by atoms with van der Waals surface area (Å²) in [4.78, 5) is 40.8. The van der Waals surface area contributed by atoms with Crippen LogP contribution in [0.3, 0.4) is 0 Å². The van der Waals surface area contributed by atoms with Gasteiger partial charge < -0.3 is 19.8 Å². The zero-order valence-corrected chi connectivity index (χ0v) is 17.8. The van der Waals surface area contributed by atoms with Crippen LogP contribution in [0.5, 0.6) is 5.75 Å². The van der Waals surface area contributed by atoms with Crippen molar-refractivity contribution in [2.75, 3.05) is 6.61 Å². The molecular formula is C24H26N2O5. The van der Waals surface area contributed by atoms with E-state index in [1.807, 2.05) is 30.3 Å². The van der Waals surface area contributed by atoms with Crippen LogP contribution in [0.25, 0.3) is 10.9 Å². The topological polar surface area (TPSA) is 97.5 Å². The zero-order valence-electron chi connectivity index (χ0n) is 17.8. The third-order valence-electron chi connectivity index (χ3n) is 4.87. The fourth-order valence-corrected chi connectivity index (χ4v) is 3.17. The number of carbonyl (C=O) groups is 3. The number of ether oxygens (including phenoxy) is 2. The van der Waals surface area contributed by atoms with E-state index in [1.54, 1.807) is 44.3 Å². The highest BCUT2D eigenvalue weighted by Crippen LogP contribution is 2.20. The molecule has 0 saturated carbocycles. The number of rotatable bonds is 9. The van der Waals surface area contributed by atoms with E-state index < -0.39 is 24.0 Å². The second kappa shape index (κ2) is 9.93. The lowest BCUT2D eigenvalue weighted by atomic mass is 10.0. The molecule has 2 N–H and O–H groups in total. The largest absolute Gasteiger partial charge is 0.484 e. The molecule has 0 fully saturated rings. The minimum Gasteiger partial charge on any atom is -0.484 e. The van der Waals surface area contributed by atoms with E-state index in [0.717, 1.165) is 10.9 Å². The number of nitrogens with one attached hydrogen (secondary N) is 2. The average molecular weight is 422 g/mol. The number of hydrogen-bond donors (Lipinski definition) is 2. The highest BCUT2D eigenvalue weighted by Gasteiger charge is 2.30. The molecule has 1 aromatic heterocycles. The number of aromatic amines is 1. The number of H-pyrrole nitrogens is 1. The molecule has 2 aromatic carbocycles. The van der Waals surface area contributed by atoms with Gasteiger partial charge in [0.05, 0.1) is 0 Å². The van der Waals surface area contributed by atoms with Crippen molar-refractivity contribution in [3.05, 3.63) is 66.4 Å². The first-order valence-electron chi connectivity index (χ1n) is 10.1. The fourth-order valence-electron chi connectivity index (χ4n) is 3.17. The summed E-state index contributed by atoms with van der Waals surface area (Å²) in [7, 11) is 0. The number of amides is 1. The molecule has 0 saturated heterocycles. The lowest BCUT2D eigenvalue weighted by Crippen LogP contribution is -2.48. The normalized spacial score (nSPS) is 12.9. The van der Waals surface area contributed by atoms with Crippen molar-refractivity contribution in [1.82, 2.24) is 10.3 Å². The second-order valence-electron chi connectivity index (χ2n) is 7.58. The smallest absolute Gasteiger partial charge is 0.329 e. The van der Waals surface area contributed by atoms with Gasteiger partial charge in [0.25, 0.3) is 5.91 Å². The highest BCUT2D eigenvalue weighted by molar-refractivity contribution is 6.10. The van der Waals surface area contributed by atoms with E-state index in [4.69, 9.17) is 9.47 Å². The summed E-state index contributed by atoms with van der Waals surface area (Å²) in [5.41, 5.74) is 1.28. The number of esters is 1. The first kappa shape index (κ1) is 22.1. The van der Waals surface area contributed by atoms with E-state index in [-0.39, 0.29) is 18.3 Å². The Kier molecular flexibility index (Phi) is 7.07. The van der Waals surface area contributed by atoms with E-state index in [2.05, 4.69) is 10.3 Å². The number of para-hydroxylation sites is 2. The van der Waals surface area contributed by atoms with Gasteiger partial charge in [-0.2, -0.15) is 0 Å². The maximum Gasteiger partial charge on any atom is 0.329 e. The van der Waals surface area contributed by atoms with E-state index in [1.165, 1.54) is 6.92 Å². The Balaban J connectivity index is 1.60. The first-order chi connectivity index (χ1) is 14.9. The molecule has 0 aliphatic carbocycles. The maximum absolute atomic E-state index is 12.8. The Labute approximate surface area is 180 Å². The van der Waals surface area contributed by atoms with Crippen LogP contribution >= 0.6 is 0 Å². The van der Waals surface area contributed by atoms with Gasteiger partial charge in [-0.15, -0.1) is 0 Å². The van der Waals surface area contributed by atoms with Crippen molar-refractivity contribution < 1.29 is 23.9 Å². The minimum atomic E-state index is -0.995. The Morgan fingerprint density at radius 1 is 0.968 bits per heavy atom. The van der Waals surface area contributed by atoms with Crippen LogP contribution in [0.2, 0.25) is 0 Å². The first-order valence-corrected chi connectivity index (χ1v) is 10.1. The summed E-state index contributed by atoms with van der Waals surface area (Å²) in [5.74, 6) is -1.10. The summed E-state index contributed by atoms with van der Waals surface area (Å²) >= 11 is 0. The summed E-state index contributed by atoms with van der Waals surface area (Å²) in [5, 5.41) is 3.41. The molecule has 1 heterocycles. The molecule has 3 rings (SSSR count). The molecular weight excluding hydrogens is 396 g/mol. The van der Waals surface area contributed by atoms with E-state index >= 15 is 0 Å². The molecule has 31 heavy (non-hydrogen) atoms. The number of fused-ring (bicyclic) bond motifs is 1. The van der Waals surface area contributed by atoms with Crippen LogP contribution in [0, 0.1) is 5.92 Å².